The molecule has 94 valence electrons. The Bertz CT molecular complexity index is 399. The van der Waals surface area contributed by atoms with E-state index in [2.05, 4.69) is 15.5 Å². The summed E-state index contributed by atoms with van der Waals surface area (Å²) < 4.78 is 0. The number of H-pyrrole nitrogens is 1. The highest BCUT2D eigenvalue weighted by Gasteiger charge is 2.40. The topological polar surface area (TPSA) is 83.8 Å². The number of hydrogen-bond acceptors (Lipinski definition) is 3. The second-order valence-corrected chi connectivity index (χ2v) is 4.95. The van der Waals surface area contributed by atoms with Crippen LogP contribution in [0.25, 0.3) is 0 Å². The van der Waals surface area contributed by atoms with Crippen LogP contribution in [-0.2, 0) is 4.79 Å². The average Bonchev–Trinajstić information content (AvgIpc) is 2.91. The van der Waals surface area contributed by atoms with Crippen LogP contribution in [0.4, 0.5) is 5.69 Å². The van der Waals surface area contributed by atoms with Gasteiger partial charge in [-0.25, -0.2) is 0 Å². The second kappa shape index (κ2) is 4.49. The molecular formula is C12H20N4O. The fourth-order valence-electron chi connectivity index (χ4n) is 2.56. The van der Waals surface area contributed by atoms with Crippen molar-refractivity contribution in [1.29, 1.82) is 0 Å². The average molecular weight is 236 g/mol. The van der Waals surface area contributed by atoms with Crippen LogP contribution in [0.15, 0.2) is 0 Å². The zero-order valence-corrected chi connectivity index (χ0v) is 10.5. The Morgan fingerprint density at radius 1 is 1.47 bits per heavy atom. The minimum atomic E-state index is -0.365. The number of nitrogens with one attached hydrogen (secondary N) is 2. The molecular weight excluding hydrogens is 216 g/mol. The maximum absolute atomic E-state index is 12.3. The van der Waals surface area contributed by atoms with E-state index in [0.29, 0.717) is 6.54 Å². The van der Waals surface area contributed by atoms with E-state index < -0.39 is 0 Å². The van der Waals surface area contributed by atoms with Crippen LogP contribution >= 0.6 is 0 Å². The number of nitrogens with zero attached hydrogens (tertiary/aromatic N) is 1. The van der Waals surface area contributed by atoms with E-state index >= 15 is 0 Å². The van der Waals surface area contributed by atoms with Crippen LogP contribution in [0.2, 0.25) is 0 Å². The van der Waals surface area contributed by atoms with Crippen LogP contribution in [-0.4, -0.2) is 22.6 Å². The summed E-state index contributed by atoms with van der Waals surface area (Å²) in [5.74, 6) is 0.0464. The predicted molar refractivity (Wildman–Crippen MR) is 66.6 cm³/mol. The molecule has 1 aliphatic rings. The van der Waals surface area contributed by atoms with Gasteiger partial charge in [-0.15, -0.1) is 0 Å². The van der Waals surface area contributed by atoms with E-state index in [1.54, 1.807) is 0 Å². The Morgan fingerprint density at radius 2 is 2.12 bits per heavy atom. The Kier molecular flexibility index (Phi) is 3.19. The molecule has 0 aromatic carbocycles. The summed E-state index contributed by atoms with van der Waals surface area (Å²) in [6.07, 6.45) is 3.97. The molecule has 2 rings (SSSR count). The normalized spacial score (nSPS) is 18.3. The molecule has 5 nitrogen and oxygen atoms in total. The van der Waals surface area contributed by atoms with E-state index in [0.717, 1.165) is 42.8 Å². The second-order valence-electron chi connectivity index (χ2n) is 4.95. The molecule has 1 aliphatic carbocycles. The monoisotopic (exact) mass is 236 g/mol. The number of anilines is 1. The number of nitrogens with two attached hydrogens (primary N) is 1. The number of carbonyl (C=O) groups is 1. The summed E-state index contributed by atoms with van der Waals surface area (Å²) in [6.45, 7) is 4.21. The van der Waals surface area contributed by atoms with Gasteiger partial charge >= 0.3 is 0 Å². The first-order valence-electron chi connectivity index (χ1n) is 6.12. The summed E-state index contributed by atoms with van der Waals surface area (Å²) in [7, 11) is 0. The van der Waals surface area contributed by atoms with Crippen LogP contribution in [0, 0.1) is 19.3 Å². The minimum absolute atomic E-state index is 0.0464. The maximum atomic E-state index is 12.3. The SMILES string of the molecule is Cc1n[nH]c(C)c1NC(=O)C1(CN)CCCC1. The van der Waals surface area contributed by atoms with Gasteiger partial charge in [-0.2, -0.15) is 5.10 Å². The van der Waals surface area contributed by atoms with Gasteiger partial charge in [0.05, 0.1) is 22.5 Å². The van der Waals surface area contributed by atoms with Crippen LogP contribution in [0.5, 0.6) is 0 Å². The van der Waals surface area contributed by atoms with Crippen molar-refractivity contribution in [2.45, 2.75) is 39.5 Å². The first kappa shape index (κ1) is 12.1. The van der Waals surface area contributed by atoms with Gasteiger partial charge < -0.3 is 11.1 Å². The van der Waals surface area contributed by atoms with Crippen molar-refractivity contribution < 1.29 is 4.79 Å². The maximum Gasteiger partial charge on any atom is 0.231 e. The van der Waals surface area contributed by atoms with E-state index in [-0.39, 0.29) is 11.3 Å². The van der Waals surface area contributed by atoms with Crippen molar-refractivity contribution in [1.82, 2.24) is 10.2 Å². The molecule has 0 unspecified atom stereocenters. The molecule has 1 heterocycles. The van der Waals surface area contributed by atoms with E-state index in [1.807, 2.05) is 13.8 Å². The van der Waals surface area contributed by atoms with Crippen molar-refractivity contribution in [2.75, 3.05) is 11.9 Å². The minimum Gasteiger partial charge on any atom is -0.329 e. The number of rotatable bonds is 3. The van der Waals surface area contributed by atoms with E-state index in [4.69, 9.17) is 5.73 Å². The predicted octanol–water partition coefficient (Wildman–Crippen LogP) is 1.48. The standard InChI is InChI=1S/C12H20N4O/c1-8-10(9(2)16-15-8)14-11(17)12(7-13)5-3-4-6-12/h3-7,13H2,1-2H3,(H,14,17)(H,15,16). The number of hydrogen-bond donors (Lipinski definition) is 3. The molecule has 0 saturated heterocycles. The molecule has 17 heavy (non-hydrogen) atoms. The highest BCUT2D eigenvalue weighted by atomic mass is 16.2. The third kappa shape index (κ3) is 2.07. The van der Waals surface area contributed by atoms with E-state index in [1.165, 1.54) is 0 Å². The lowest BCUT2D eigenvalue weighted by Crippen LogP contribution is -2.40. The molecule has 0 radical (unpaired) electrons. The number of aryl methyl sites for hydroxylation is 2. The number of aromatic nitrogens is 2. The fourth-order valence-corrected chi connectivity index (χ4v) is 2.56. The third-order valence-corrected chi connectivity index (χ3v) is 3.80. The number of aromatic amines is 1. The lowest BCUT2D eigenvalue weighted by Gasteiger charge is -2.25. The van der Waals surface area contributed by atoms with Gasteiger partial charge in [-0.1, -0.05) is 12.8 Å². The molecule has 0 spiro atoms. The molecule has 4 N–H and O–H groups in total. The Hall–Kier alpha value is -1.36. The Labute approximate surface area is 101 Å². The van der Waals surface area contributed by atoms with Crippen LogP contribution in [0.3, 0.4) is 0 Å². The van der Waals surface area contributed by atoms with Gasteiger partial charge in [0.15, 0.2) is 0 Å². The van der Waals surface area contributed by atoms with Gasteiger partial charge in [-0.3, -0.25) is 9.89 Å². The van der Waals surface area contributed by atoms with Gasteiger partial charge in [-0.05, 0) is 26.7 Å². The molecule has 1 aromatic heterocycles. The van der Waals surface area contributed by atoms with Gasteiger partial charge in [0, 0.05) is 6.54 Å². The zero-order valence-electron chi connectivity index (χ0n) is 10.5. The van der Waals surface area contributed by atoms with Crippen LogP contribution in [0.1, 0.15) is 37.1 Å². The molecule has 5 heteroatoms. The van der Waals surface area contributed by atoms with Gasteiger partial charge in [0.25, 0.3) is 0 Å². The quantitative estimate of drug-likeness (QED) is 0.743. The Morgan fingerprint density at radius 3 is 2.59 bits per heavy atom. The molecule has 0 atom stereocenters. The number of carbonyl (C=O) groups excluding carboxylic acids is 1. The molecule has 1 amide bonds. The third-order valence-electron chi connectivity index (χ3n) is 3.80. The zero-order chi connectivity index (χ0) is 12.5. The smallest absolute Gasteiger partial charge is 0.231 e. The summed E-state index contributed by atoms with van der Waals surface area (Å²) in [5.41, 5.74) is 7.94. The molecule has 1 saturated carbocycles. The van der Waals surface area contributed by atoms with Crippen molar-refractivity contribution in [3.63, 3.8) is 0 Å². The molecule has 1 fully saturated rings. The first-order valence-corrected chi connectivity index (χ1v) is 6.12. The lowest BCUT2D eigenvalue weighted by molar-refractivity contribution is -0.124. The van der Waals surface area contributed by atoms with Gasteiger partial charge in [0.2, 0.25) is 5.91 Å². The van der Waals surface area contributed by atoms with Crippen LogP contribution < -0.4 is 11.1 Å². The van der Waals surface area contributed by atoms with Crippen molar-refractivity contribution in [3.05, 3.63) is 11.4 Å². The van der Waals surface area contributed by atoms with Crippen molar-refractivity contribution in [3.8, 4) is 0 Å². The molecule has 0 aliphatic heterocycles. The molecule has 1 aromatic rings. The highest BCUT2D eigenvalue weighted by Crippen LogP contribution is 2.38. The largest absolute Gasteiger partial charge is 0.329 e. The van der Waals surface area contributed by atoms with E-state index in [9.17, 15) is 4.79 Å². The van der Waals surface area contributed by atoms with Gasteiger partial charge in [0.1, 0.15) is 0 Å². The Balaban J connectivity index is 2.16. The highest BCUT2D eigenvalue weighted by molar-refractivity contribution is 5.96. The van der Waals surface area contributed by atoms with Crippen molar-refractivity contribution in [2.24, 2.45) is 11.1 Å². The fraction of sp³-hybridized carbons (Fsp3) is 0.667. The first-order chi connectivity index (χ1) is 8.09. The lowest BCUT2D eigenvalue weighted by atomic mass is 9.85. The molecule has 0 bridgehead atoms. The summed E-state index contributed by atoms with van der Waals surface area (Å²) >= 11 is 0. The number of amides is 1. The summed E-state index contributed by atoms with van der Waals surface area (Å²) in [6, 6.07) is 0. The summed E-state index contributed by atoms with van der Waals surface area (Å²) in [4.78, 5) is 12.3. The summed E-state index contributed by atoms with van der Waals surface area (Å²) in [5, 5.41) is 9.92. The van der Waals surface area contributed by atoms with Crippen molar-refractivity contribution >= 4 is 11.6 Å².